The van der Waals surface area contributed by atoms with Crippen LogP contribution in [-0.4, -0.2) is 36.0 Å². The number of carbonyl (C=O) groups is 2. The Bertz CT molecular complexity index is 1570. The number of benzene rings is 3. The molecule has 1 atom stereocenters. The van der Waals surface area contributed by atoms with Gasteiger partial charge in [-0.3, -0.25) is 14.5 Å². The number of thiazole rings is 1. The van der Waals surface area contributed by atoms with Gasteiger partial charge in [-0.1, -0.05) is 59.9 Å². The number of nitrogens with zero attached hydrogens (tertiary/aromatic N) is 2. The predicted octanol–water partition coefficient (Wildman–Crippen LogP) is 5.80. The zero-order chi connectivity index (χ0) is 26.1. The van der Waals surface area contributed by atoms with Gasteiger partial charge in [-0.05, 0) is 54.0 Å². The summed E-state index contributed by atoms with van der Waals surface area (Å²) in [4.78, 5) is 33.0. The van der Waals surface area contributed by atoms with E-state index in [1.54, 1.807) is 24.3 Å². The van der Waals surface area contributed by atoms with Gasteiger partial charge in [-0.25, -0.2) is 4.98 Å². The number of aliphatic hydroxyl groups excluding tert-OH is 1. The molecule has 0 saturated heterocycles. The van der Waals surface area contributed by atoms with E-state index in [0.717, 1.165) is 21.3 Å². The van der Waals surface area contributed by atoms with Gasteiger partial charge < -0.3 is 14.6 Å². The lowest BCUT2D eigenvalue weighted by Gasteiger charge is -2.24. The summed E-state index contributed by atoms with van der Waals surface area (Å²) in [5, 5.41) is 11.4. The Kier molecular flexibility index (Phi) is 6.50. The lowest BCUT2D eigenvalue weighted by atomic mass is 9.95. The first kappa shape index (κ1) is 24.3. The van der Waals surface area contributed by atoms with Crippen molar-refractivity contribution < 1.29 is 24.2 Å². The van der Waals surface area contributed by atoms with E-state index >= 15 is 0 Å². The molecule has 8 heteroatoms. The molecule has 0 bridgehead atoms. The molecule has 3 aromatic carbocycles. The number of ether oxygens (including phenoxy) is 2. The van der Waals surface area contributed by atoms with Gasteiger partial charge in [0.05, 0.1) is 36.1 Å². The molecule has 186 valence electrons. The summed E-state index contributed by atoms with van der Waals surface area (Å²) in [7, 11) is 3.04. The third kappa shape index (κ3) is 4.47. The summed E-state index contributed by atoms with van der Waals surface area (Å²) in [5.74, 6) is -0.827. The van der Waals surface area contributed by atoms with E-state index in [1.165, 1.54) is 36.5 Å². The molecule has 0 radical (unpaired) electrons. The number of amides is 1. The first-order chi connectivity index (χ1) is 17.9. The number of ketones is 1. The van der Waals surface area contributed by atoms with Gasteiger partial charge in [-0.2, -0.15) is 0 Å². The Balaban J connectivity index is 1.64. The van der Waals surface area contributed by atoms with Gasteiger partial charge in [0.15, 0.2) is 28.2 Å². The minimum Gasteiger partial charge on any atom is -0.503 e. The molecular formula is C29H24N2O5S. The molecule has 1 unspecified atom stereocenters. The average molecular weight is 513 g/mol. The van der Waals surface area contributed by atoms with Gasteiger partial charge >= 0.3 is 0 Å². The van der Waals surface area contributed by atoms with Crippen molar-refractivity contribution in [2.24, 2.45) is 0 Å². The lowest BCUT2D eigenvalue weighted by molar-refractivity contribution is -0.117. The number of anilines is 1. The van der Waals surface area contributed by atoms with E-state index in [1.807, 2.05) is 55.5 Å². The van der Waals surface area contributed by atoms with Crippen LogP contribution in [0.25, 0.3) is 16.3 Å². The molecule has 1 amide bonds. The molecule has 1 aromatic heterocycles. The first-order valence-electron chi connectivity index (χ1n) is 11.5. The van der Waals surface area contributed by atoms with E-state index < -0.39 is 23.5 Å². The maximum atomic E-state index is 13.5. The highest BCUT2D eigenvalue weighted by Gasteiger charge is 2.45. The molecule has 1 aliphatic rings. The number of carbonyl (C=O) groups excluding carboxylic acids is 2. The number of rotatable bonds is 7. The summed E-state index contributed by atoms with van der Waals surface area (Å²) >= 11 is 1.33. The lowest BCUT2D eigenvalue weighted by Crippen LogP contribution is -2.30. The molecule has 0 spiro atoms. The molecule has 0 aliphatic carbocycles. The smallest absolute Gasteiger partial charge is 0.296 e. The van der Waals surface area contributed by atoms with Crippen molar-refractivity contribution in [1.82, 2.24) is 4.98 Å². The summed E-state index contributed by atoms with van der Waals surface area (Å²) in [5.41, 5.74) is 3.16. The van der Waals surface area contributed by atoms with Crippen molar-refractivity contribution in [2.75, 3.05) is 19.1 Å². The maximum Gasteiger partial charge on any atom is 0.296 e. The van der Waals surface area contributed by atoms with Crippen LogP contribution in [0.4, 0.5) is 5.13 Å². The molecule has 37 heavy (non-hydrogen) atoms. The maximum absolute atomic E-state index is 13.5. The fourth-order valence-electron chi connectivity index (χ4n) is 4.34. The normalized spacial score (nSPS) is 15.7. The number of aromatic nitrogens is 1. The molecule has 0 saturated carbocycles. The van der Waals surface area contributed by atoms with Crippen LogP contribution in [0.3, 0.4) is 0 Å². The van der Waals surface area contributed by atoms with Gasteiger partial charge in [0, 0.05) is 0 Å². The second-order valence-electron chi connectivity index (χ2n) is 8.53. The topological polar surface area (TPSA) is 89.0 Å². The molecule has 1 aliphatic heterocycles. The summed E-state index contributed by atoms with van der Waals surface area (Å²) in [6, 6.07) is 19.4. The Hall–Kier alpha value is -4.43. The molecule has 0 fully saturated rings. The first-order valence-corrected chi connectivity index (χ1v) is 12.4. The minimum atomic E-state index is -0.915. The largest absolute Gasteiger partial charge is 0.503 e. The van der Waals surface area contributed by atoms with Gasteiger partial charge in [0.25, 0.3) is 5.91 Å². The van der Waals surface area contributed by atoms with Crippen LogP contribution in [0.15, 0.2) is 84.1 Å². The quantitative estimate of drug-likeness (QED) is 0.315. The number of aryl methyl sites for hydroxylation is 1. The van der Waals surface area contributed by atoms with E-state index in [9.17, 15) is 14.7 Å². The number of aliphatic hydroxyl groups is 1. The SMILES string of the molecule is COc1ccc(C2C(C(=O)/C=C/c3ccccc3)=C(O)C(=O)N2c2nc3ccc(C)cc3s2)cc1OC. The van der Waals surface area contributed by atoms with E-state index in [4.69, 9.17) is 9.47 Å². The third-order valence-corrected chi connectivity index (χ3v) is 7.18. The van der Waals surface area contributed by atoms with Crippen LogP contribution in [-0.2, 0) is 9.59 Å². The van der Waals surface area contributed by atoms with Crippen molar-refractivity contribution in [3.63, 3.8) is 0 Å². The van der Waals surface area contributed by atoms with Crippen LogP contribution in [0.5, 0.6) is 11.5 Å². The highest BCUT2D eigenvalue weighted by Crippen LogP contribution is 2.45. The Morgan fingerprint density at radius 3 is 2.51 bits per heavy atom. The Morgan fingerprint density at radius 1 is 1.03 bits per heavy atom. The highest BCUT2D eigenvalue weighted by atomic mass is 32.1. The third-order valence-electron chi connectivity index (χ3n) is 6.16. The standard InChI is InChI=1S/C29H24N2O5S/c1-17-9-12-20-24(15-17)37-29(30-20)31-26(19-11-14-22(35-2)23(16-19)36-3)25(27(33)28(31)34)21(32)13-10-18-7-5-4-6-8-18/h4-16,26,33H,1-3H3/b13-10+. The van der Waals surface area contributed by atoms with E-state index in [2.05, 4.69) is 4.98 Å². The molecular weight excluding hydrogens is 488 g/mol. The van der Waals surface area contributed by atoms with Gasteiger partial charge in [-0.15, -0.1) is 0 Å². The van der Waals surface area contributed by atoms with Gasteiger partial charge in [0.2, 0.25) is 0 Å². The van der Waals surface area contributed by atoms with Crippen molar-refractivity contribution in [3.8, 4) is 11.5 Å². The number of allylic oxidation sites excluding steroid dienone is 1. The monoisotopic (exact) mass is 512 g/mol. The number of hydrogen-bond donors (Lipinski definition) is 1. The van der Waals surface area contributed by atoms with E-state index in [0.29, 0.717) is 22.2 Å². The summed E-state index contributed by atoms with van der Waals surface area (Å²) < 4.78 is 11.7. The molecule has 1 N–H and O–H groups in total. The molecule has 4 aromatic rings. The Morgan fingerprint density at radius 2 is 1.78 bits per heavy atom. The van der Waals surface area contributed by atoms with Crippen LogP contribution in [0.1, 0.15) is 22.7 Å². The van der Waals surface area contributed by atoms with Crippen molar-refractivity contribution in [2.45, 2.75) is 13.0 Å². The number of fused-ring (bicyclic) bond motifs is 1. The molecule has 7 nitrogen and oxygen atoms in total. The summed E-state index contributed by atoms with van der Waals surface area (Å²) in [6.07, 6.45) is 3.02. The average Bonchev–Trinajstić information content (AvgIpc) is 3.44. The number of hydrogen-bond acceptors (Lipinski definition) is 7. The predicted molar refractivity (Wildman–Crippen MR) is 144 cm³/mol. The van der Waals surface area contributed by atoms with Gasteiger partial charge in [0.1, 0.15) is 0 Å². The highest BCUT2D eigenvalue weighted by molar-refractivity contribution is 7.22. The van der Waals surface area contributed by atoms with E-state index in [-0.39, 0.29) is 5.57 Å². The van der Waals surface area contributed by atoms with Crippen molar-refractivity contribution in [3.05, 3.63) is 101 Å². The van der Waals surface area contributed by atoms with Crippen molar-refractivity contribution in [1.29, 1.82) is 0 Å². The fourth-order valence-corrected chi connectivity index (χ4v) is 5.43. The van der Waals surface area contributed by atoms with Crippen molar-refractivity contribution >= 4 is 44.5 Å². The fraction of sp³-hybridized carbons (Fsp3) is 0.138. The van der Waals surface area contributed by atoms with Crippen LogP contribution in [0.2, 0.25) is 0 Å². The zero-order valence-corrected chi connectivity index (χ0v) is 21.3. The summed E-state index contributed by atoms with van der Waals surface area (Å²) in [6.45, 7) is 1.98. The second-order valence-corrected chi connectivity index (χ2v) is 9.54. The Labute approximate surface area is 217 Å². The minimum absolute atomic E-state index is 0.0279. The van der Waals surface area contributed by atoms with Crippen LogP contribution in [0, 0.1) is 6.92 Å². The zero-order valence-electron chi connectivity index (χ0n) is 20.5. The van der Waals surface area contributed by atoms with Crippen LogP contribution >= 0.6 is 11.3 Å². The molecule has 2 heterocycles. The van der Waals surface area contributed by atoms with Crippen LogP contribution < -0.4 is 14.4 Å². The molecule has 5 rings (SSSR count). The second kappa shape index (κ2) is 9.91. The number of methoxy groups -OCH3 is 2.